The third-order valence-corrected chi connectivity index (χ3v) is 1.75. The number of carbonyl (C=O) groups is 1. The van der Waals surface area contributed by atoms with Crippen molar-refractivity contribution in [1.29, 1.82) is 5.26 Å². The maximum absolute atomic E-state index is 10.6. The Morgan fingerprint density at radius 3 is 2.92 bits per heavy atom. The summed E-state index contributed by atoms with van der Waals surface area (Å²) in [4.78, 5) is 10.6. The van der Waals surface area contributed by atoms with Crippen LogP contribution in [0.1, 0.15) is 15.9 Å². The van der Waals surface area contributed by atoms with E-state index in [9.17, 15) is 4.79 Å². The molecule has 0 atom stereocenters. The molecule has 0 fully saturated rings. The van der Waals surface area contributed by atoms with Gasteiger partial charge >= 0.3 is 0 Å². The Labute approximate surface area is 76.6 Å². The van der Waals surface area contributed by atoms with Gasteiger partial charge in [0.25, 0.3) is 0 Å². The van der Waals surface area contributed by atoms with Gasteiger partial charge in [-0.3, -0.25) is 4.79 Å². The lowest BCUT2D eigenvalue weighted by molar-refractivity contribution is 0.112. The van der Waals surface area contributed by atoms with Gasteiger partial charge in [-0.1, -0.05) is 6.07 Å². The van der Waals surface area contributed by atoms with Gasteiger partial charge in [0.05, 0.1) is 19.6 Å². The van der Waals surface area contributed by atoms with Crippen LogP contribution in [0.3, 0.4) is 0 Å². The zero-order valence-electron chi connectivity index (χ0n) is 7.28. The SMILES string of the molecule is COc1ccc(CC#N)c(C=O)c1. The summed E-state index contributed by atoms with van der Waals surface area (Å²) >= 11 is 0. The van der Waals surface area contributed by atoms with E-state index in [4.69, 9.17) is 10.00 Å². The van der Waals surface area contributed by atoms with Crippen LogP contribution >= 0.6 is 0 Å². The van der Waals surface area contributed by atoms with Gasteiger partial charge in [0.2, 0.25) is 0 Å². The lowest BCUT2D eigenvalue weighted by Crippen LogP contribution is -1.93. The normalized spacial score (nSPS) is 8.92. The highest BCUT2D eigenvalue weighted by atomic mass is 16.5. The molecule has 1 aromatic rings. The molecule has 0 saturated carbocycles. The number of rotatable bonds is 3. The first-order chi connectivity index (χ1) is 6.31. The Balaban J connectivity index is 3.09. The highest BCUT2D eigenvalue weighted by Crippen LogP contribution is 2.16. The van der Waals surface area contributed by atoms with E-state index in [1.54, 1.807) is 18.2 Å². The van der Waals surface area contributed by atoms with Crippen molar-refractivity contribution in [2.24, 2.45) is 0 Å². The Kier molecular flexibility index (Phi) is 3.04. The number of ether oxygens (including phenoxy) is 1. The van der Waals surface area contributed by atoms with Crippen molar-refractivity contribution in [3.63, 3.8) is 0 Å². The van der Waals surface area contributed by atoms with Crippen LogP contribution in [0.4, 0.5) is 0 Å². The number of benzene rings is 1. The van der Waals surface area contributed by atoms with E-state index in [1.165, 1.54) is 7.11 Å². The molecule has 3 heteroatoms. The minimum atomic E-state index is 0.248. The van der Waals surface area contributed by atoms with E-state index in [0.29, 0.717) is 11.3 Å². The van der Waals surface area contributed by atoms with Crippen LogP contribution in [0.15, 0.2) is 18.2 Å². The fourth-order valence-electron chi connectivity index (χ4n) is 1.06. The molecule has 0 amide bonds. The molecule has 0 aliphatic rings. The summed E-state index contributed by atoms with van der Waals surface area (Å²) < 4.78 is 4.95. The summed E-state index contributed by atoms with van der Waals surface area (Å²) in [6.45, 7) is 0. The summed E-state index contributed by atoms with van der Waals surface area (Å²) in [5, 5.41) is 8.47. The Morgan fingerprint density at radius 2 is 2.38 bits per heavy atom. The van der Waals surface area contributed by atoms with Crippen LogP contribution in [0, 0.1) is 11.3 Å². The summed E-state index contributed by atoms with van der Waals surface area (Å²) in [6.07, 6.45) is 0.979. The van der Waals surface area contributed by atoms with E-state index < -0.39 is 0 Å². The summed E-state index contributed by atoms with van der Waals surface area (Å²) in [5.41, 5.74) is 1.25. The molecule has 0 spiro atoms. The molecule has 0 aliphatic heterocycles. The van der Waals surface area contributed by atoms with Gasteiger partial charge in [0.15, 0.2) is 0 Å². The van der Waals surface area contributed by atoms with Crippen molar-refractivity contribution in [3.05, 3.63) is 29.3 Å². The second-order valence-electron chi connectivity index (χ2n) is 2.52. The second kappa shape index (κ2) is 4.27. The van der Waals surface area contributed by atoms with Gasteiger partial charge in [-0.05, 0) is 17.7 Å². The van der Waals surface area contributed by atoms with Crippen LogP contribution in [0.5, 0.6) is 5.75 Å². The Bertz CT molecular complexity index is 352. The number of carbonyl (C=O) groups excluding carboxylic acids is 1. The molecule has 3 nitrogen and oxygen atoms in total. The van der Waals surface area contributed by atoms with Crippen molar-refractivity contribution >= 4 is 6.29 Å². The number of methoxy groups -OCH3 is 1. The lowest BCUT2D eigenvalue weighted by atomic mass is 10.1. The Hall–Kier alpha value is -1.82. The lowest BCUT2D eigenvalue weighted by Gasteiger charge is -2.03. The van der Waals surface area contributed by atoms with Crippen molar-refractivity contribution in [1.82, 2.24) is 0 Å². The van der Waals surface area contributed by atoms with Crippen LogP contribution in [-0.2, 0) is 6.42 Å². The molecule has 1 aromatic carbocycles. The zero-order chi connectivity index (χ0) is 9.68. The maximum atomic E-state index is 10.6. The number of nitrogens with zero attached hydrogens (tertiary/aromatic N) is 1. The molecule has 1 rings (SSSR count). The smallest absolute Gasteiger partial charge is 0.150 e. The van der Waals surface area contributed by atoms with Gasteiger partial charge in [-0.15, -0.1) is 0 Å². The van der Waals surface area contributed by atoms with Crippen molar-refractivity contribution < 1.29 is 9.53 Å². The van der Waals surface area contributed by atoms with Crippen molar-refractivity contribution in [2.45, 2.75) is 6.42 Å². The molecule has 0 N–H and O–H groups in total. The summed E-state index contributed by atoms with van der Waals surface area (Å²) in [7, 11) is 1.54. The van der Waals surface area contributed by atoms with Gasteiger partial charge in [0, 0.05) is 5.56 Å². The largest absolute Gasteiger partial charge is 0.497 e. The fraction of sp³-hybridized carbons (Fsp3) is 0.200. The molecule has 0 radical (unpaired) electrons. The number of hydrogen-bond acceptors (Lipinski definition) is 3. The molecular formula is C10H9NO2. The van der Waals surface area contributed by atoms with Gasteiger partial charge in [-0.2, -0.15) is 5.26 Å². The zero-order valence-corrected chi connectivity index (χ0v) is 7.28. The molecule has 13 heavy (non-hydrogen) atoms. The van der Waals surface area contributed by atoms with Gasteiger partial charge < -0.3 is 4.74 Å². The van der Waals surface area contributed by atoms with Crippen LogP contribution in [0.2, 0.25) is 0 Å². The van der Waals surface area contributed by atoms with Gasteiger partial charge in [-0.25, -0.2) is 0 Å². The van der Waals surface area contributed by atoms with E-state index >= 15 is 0 Å². The summed E-state index contributed by atoms with van der Waals surface area (Å²) in [6, 6.07) is 7.08. The molecule has 66 valence electrons. The second-order valence-corrected chi connectivity index (χ2v) is 2.52. The van der Waals surface area contributed by atoms with Crippen LogP contribution in [-0.4, -0.2) is 13.4 Å². The average Bonchev–Trinajstić information content (AvgIpc) is 2.19. The summed E-state index contributed by atoms with van der Waals surface area (Å²) in [5.74, 6) is 0.629. The number of hydrogen-bond donors (Lipinski definition) is 0. The molecule has 0 heterocycles. The van der Waals surface area contributed by atoms with E-state index in [0.717, 1.165) is 11.8 Å². The molecule has 0 saturated heterocycles. The van der Waals surface area contributed by atoms with E-state index in [2.05, 4.69) is 0 Å². The highest BCUT2D eigenvalue weighted by molar-refractivity contribution is 5.78. The fourth-order valence-corrected chi connectivity index (χ4v) is 1.06. The maximum Gasteiger partial charge on any atom is 0.150 e. The van der Waals surface area contributed by atoms with Crippen LogP contribution < -0.4 is 4.74 Å². The topological polar surface area (TPSA) is 50.1 Å². The minimum absolute atomic E-state index is 0.248. The number of aldehydes is 1. The number of nitriles is 1. The van der Waals surface area contributed by atoms with Crippen molar-refractivity contribution in [3.8, 4) is 11.8 Å². The Morgan fingerprint density at radius 1 is 1.62 bits per heavy atom. The van der Waals surface area contributed by atoms with E-state index in [-0.39, 0.29) is 6.42 Å². The van der Waals surface area contributed by atoms with Crippen LogP contribution in [0.25, 0.3) is 0 Å². The minimum Gasteiger partial charge on any atom is -0.497 e. The molecular weight excluding hydrogens is 166 g/mol. The highest BCUT2D eigenvalue weighted by Gasteiger charge is 2.02. The quantitative estimate of drug-likeness (QED) is 0.655. The third kappa shape index (κ3) is 2.06. The molecule has 0 bridgehead atoms. The first-order valence-electron chi connectivity index (χ1n) is 3.81. The first kappa shape index (κ1) is 9.27. The van der Waals surface area contributed by atoms with Crippen molar-refractivity contribution in [2.75, 3.05) is 7.11 Å². The predicted octanol–water partition coefficient (Wildman–Crippen LogP) is 1.57. The van der Waals surface area contributed by atoms with E-state index in [1.807, 2.05) is 6.07 Å². The average molecular weight is 175 g/mol. The molecule has 0 unspecified atom stereocenters. The monoisotopic (exact) mass is 175 g/mol. The first-order valence-corrected chi connectivity index (χ1v) is 3.81. The molecule has 0 aliphatic carbocycles. The molecule has 0 aromatic heterocycles. The van der Waals surface area contributed by atoms with Gasteiger partial charge in [0.1, 0.15) is 12.0 Å². The third-order valence-electron chi connectivity index (χ3n) is 1.75. The predicted molar refractivity (Wildman–Crippen MR) is 47.7 cm³/mol. The standard InChI is InChI=1S/C10H9NO2/c1-13-10-3-2-8(4-5-11)9(6-10)7-12/h2-3,6-7H,4H2,1H3.